The van der Waals surface area contributed by atoms with Crippen LogP contribution in [-0.2, 0) is 0 Å². The predicted octanol–water partition coefficient (Wildman–Crippen LogP) is 5.56. The Bertz CT molecular complexity index is 1040. The number of nitrogens with zero attached hydrogens (tertiary/aromatic N) is 4. The Morgan fingerprint density at radius 1 is 1.14 bits per heavy atom. The molecular weight excluding hydrogens is 407 g/mol. The quantitative estimate of drug-likeness (QED) is 0.546. The largest absolute Gasteiger partial charge is 0.339 e. The Labute approximate surface area is 180 Å². The second kappa shape index (κ2) is 7.08. The molecule has 29 heavy (non-hydrogen) atoms. The highest BCUT2D eigenvalue weighted by molar-refractivity contribution is 6.42. The Balaban J connectivity index is 1.60. The van der Waals surface area contributed by atoms with Gasteiger partial charge in [-0.25, -0.2) is 0 Å². The highest BCUT2D eigenvalue weighted by Crippen LogP contribution is 2.56. The van der Waals surface area contributed by atoms with Crippen molar-refractivity contribution in [3.05, 3.63) is 64.2 Å². The normalized spacial score (nSPS) is 29.3. The number of hydrogen-bond donors (Lipinski definition) is 0. The fourth-order valence-corrected chi connectivity index (χ4v) is 5.56. The molecule has 4 atom stereocenters. The van der Waals surface area contributed by atoms with Gasteiger partial charge in [0.15, 0.2) is 0 Å². The van der Waals surface area contributed by atoms with Crippen molar-refractivity contribution in [1.82, 2.24) is 20.0 Å². The lowest BCUT2D eigenvalue weighted by Gasteiger charge is -2.48. The SMILES string of the molecule is CN1[C@H]2CC[C@]1(C)C(c1nc(-c3ccncc3)no1)C(c1ccc(Cl)c(Cl)c1)C2. The minimum absolute atomic E-state index is 0.0538. The van der Waals surface area contributed by atoms with Crippen LogP contribution in [0, 0.1) is 0 Å². The van der Waals surface area contributed by atoms with Crippen LogP contribution in [0.25, 0.3) is 11.4 Å². The number of halogens is 2. The summed E-state index contributed by atoms with van der Waals surface area (Å²) < 4.78 is 5.86. The van der Waals surface area contributed by atoms with Gasteiger partial charge in [-0.1, -0.05) is 34.4 Å². The minimum atomic E-state index is -0.0538. The van der Waals surface area contributed by atoms with Crippen molar-refractivity contribution in [3.8, 4) is 11.4 Å². The molecular formula is C22H22Cl2N4O. The Hall–Kier alpha value is -1.95. The number of aromatic nitrogens is 3. The molecule has 2 fully saturated rings. The van der Waals surface area contributed by atoms with Crippen molar-refractivity contribution >= 4 is 23.2 Å². The molecule has 0 N–H and O–H groups in total. The predicted molar refractivity (Wildman–Crippen MR) is 113 cm³/mol. The maximum absolute atomic E-state index is 6.36. The monoisotopic (exact) mass is 428 g/mol. The first kappa shape index (κ1) is 19.0. The van der Waals surface area contributed by atoms with Crippen LogP contribution in [0.5, 0.6) is 0 Å². The molecule has 0 radical (unpaired) electrons. The zero-order chi connectivity index (χ0) is 20.2. The molecule has 150 valence electrons. The summed E-state index contributed by atoms with van der Waals surface area (Å²) in [5, 5.41) is 5.44. The van der Waals surface area contributed by atoms with E-state index in [1.54, 1.807) is 12.4 Å². The molecule has 5 nitrogen and oxygen atoms in total. The van der Waals surface area contributed by atoms with Gasteiger partial charge in [-0.3, -0.25) is 9.88 Å². The standard InChI is InChI=1S/C22H22Cl2N4O/c1-22-8-5-15(28(22)2)12-16(14-3-4-17(23)18(24)11-14)19(22)21-26-20(27-29-21)13-6-9-25-10-7-13/h3-4,6-7,9-11,15-16,19H,5,8,12H2,1-2H3/t15-,16?,19?,22+/m0/s1. The molecule has 2 saturated heterocycles. The van der Waals surface area contributed by atoms with Crippen molar-refractivity contribution < 1.29 is 4.52 Å². The van der Waals surface area contributed by atoms with Gasteiger partial charge in [0.2, 0.25) is 11.7 Å². The first-order chi connectivity index (χ1) is 14.0. The molecule has 4 heterocycles. The van der Waals surface area contributed by atoms with Crippen LogP contribution >= 0.6 is 23.2 Å². The summed E-state index contributed by atoms with van der Waals surface area (Å²) in [5.41, 5.74) is 2.03. The second-order valence-electron chi connectivity index (χ2n) is 8.35. The van der Waals surface area contributed by atoms with Gasteiger partial charge in [-0.05, 0) is 69.0 Å². The van der Waals surface area contributed by atoms with Crippen LogP contribution in [0.3, 0.4) is 0 Å². The van der Waals surface area contributed by atoms with E-state index in [1.807, 2.05) is 24.3 Å². The highest BCUT2D eigenvalue weighted by Gasteiger charge is 2.56. The molecule has 3 aromatic rings. The molecule has 2 unspecified atom stereocenters. The molecule has 7 heteroatoms. The van der Waals surface area contributed by atoms with Gasteiger partial charge in [0.05, 0.1) is 16.0 Å². The summed E-state index contributed by atoms with van der Waals surface area (Å²) in [7, 11) is 2.22. The fourth-order valence-electron chi connectivity index (χ4n) is 5.25. The molecule has 0 spiro atoms. The number of piperidine rings is 1. The summed E-state index contributed by atoms with van der Waals surface area (Å²) in [6.07, 6.45) is 6.78. The molecule has 0 saturated carbocycles. The zero-order valence-electron chi connectivity index (χ0n) is 16.3. The second-order valence-corrected chi connectivity index (χ2v) is 9.16. The van der Waals surface area contributed by atoms with Crippen LogP contribution < -0.4 is 0 Å². The zero-order valence-corrected chi connectivity index (χ0v) is 17.9. The lowest BCUT2D eigenvalue weighted by Crippen LogP contribution is -2.53. The van der Waals surface area contributed by atoms with Crippen molar-refractivity contribution in [2.75, 3.05) is 7.05 Å². The first-order valence-corrected chi connectivity index (χ1v) is 10.6. The average molecular weight is 429 g/mol. The molecule has 0 aliphatic carbocycles. The molecule has 1 aromatic carbocycles. The molecule has 2 aromatic heterocycles. The van der Waals surface area contributed by atoms with Crippen molar-refractivity contribution in [2.24, 2.45) is 0 Å². The van der Waals surface area contributed by atoms with E-state index in [1.165, 1.54) is 12.0 Å². The van der Waals surface area contributed by atoms with Gasteiger partial charge < -0.3 is 4.52 Å². The van der Waals surface area contributed by atoms with Gasteiger partial charge in [-0.15, -0.1) is 0 Å². The van der Waals surface area contributed by atoms with E-state index in [0.29, 0.717) is 27.8 Å². The Kier molecular flexibility index (Phi) is 4.65. The third-order valence-electron chi connectivity index (χ3n) is 6.95. The van der Waals surface area contributed by atoms with Crippen LogP contribution in [0.2, 0.25) is 10.0 Å². The molecule has 2 aliphatic rings. The third-order valence-corrected chi connectivity index (χ3v) is 7.69. The maximum atomic E-state index is 6.36. The van der Waals surface area contributed by atoms with E-state index in [9.17, 15) is 0 Å². The summed E-state index contributed by atoms with van der Waals surface area (Å²) >= 11 is 12.5. The molecule has 5 rings (SSSR count). The van der Waals surface area contributed by atoms with Crippen LogP contribution in [-0.4, -0.2) is 38.7 Å². The van der Waals surface area contributed by atoms with Gasteiger partial charge in [0, 0.05) is 29.5 Å². The fraction of sp³-hybridized carbons (Fsp3) is 0.409. The van der Waals surface area contributed by atoms with E-state index < -0.39 is 0 Å². The number of benzene rings is 1. The Morgan fingerprint density at radius 2 is 1.93 bits per heavy atom. The summed E-state index contributed by atoms with van der Waals surface area (Å²) in [6, 6.07) is 10.3. The van der Waals surface area contributed by atoms with Gasteiger partial charge >= 0.3 is 0 Å². The smallest absolute Gasteiger partial charge is 0.232 e. The minimum Gasteiger partial charge on any atom is -0.339 e. The maximum Gasteiger partial charge on any atom is 0.232 e. The van der Waals surface area contributed by atoms with E-state index in [2.05, 4.69) is 35.1 Å². The van der Waals surface area contributed by atoms with Gasteiger partial charge in [-0.2, -0.15) is 4.98 Å². The number of likely N-dealkylation sites (N-methyl/N-ethyl adjacent to an activating group) is 1. The highest BCUT2D eigenvalue weighted by atomic mass is 35.5. The number of fused-ring (bicyclic) bond motifs is 2. The molecule has 0 amide bonds. The van der Waals surface area contributed by atoms with Crippen LogP contribution in [0.1, 0.15) is 49.5 Å². The number of hydrogen-bond acceptors (Lipinski definition) is 5. The third kappa shape index (κ3) is 3.07. The molecule has 2 bridgehead atoms. The topological polar surface area (TPSA) is 55.1 Å². The first-order valence-electron chi connectivity index (χ1n) is 9.89. The van der Waals surface area contributed by atoms with E-state index in [0.717, 1.165) is 18.4 Å². The van der Waals surface area contributed by atoms with Crippen LogP contribution in [0.4, 0.5) is 0 Å². The van der Waals surface area contributed by atoms with E-state index >= 15 is 0 Å². The van der Waals surface area contributed by atoms with E-state index in [-0.39, 0.29) is 17.4 Å². The van der Waals surface area contributed by atoms with E-state index in [4.69, 9.17) is 32.7 Å². The van der Waals surface area contributed by atoms with Crippen molar-refractivity contribution in [3.63, 3.8) is 0 Å². The molecule has 2 aliphatic heterocycles. The summed E-state index contributed by atoms with van der Waals surface area (Å²) in [6.45, 7) is 2.32. The summed E-state index contributed by atoms with van der Waals surface area (Å²) in [5.74, 6) is 1.60. The van der Waals surface area contributed by atoms with Gasteiger partial charge in [0.1, 0.15) is 0 Å². The van der Waals surface area contributed by atoms with Crippen molar-refractivity contribution in [1.29, 1.82) is 0 Å². The number of rotatable bonds is 3. The lowest BCUT2D eigenvalue weighted by atomic mass is 9.69. The van der Waals surface area contributed by atoms with Gasteiger partial charge in [0.25, 0.3) is 0 Å². The summed E-state index contributed by atoms with van der Waals surface area (Å²) in [4.78, 5) is 11.4. The van der Waals surface area contributed by atoms with Crippen LogP contribution in [0.15, 0.2) is 47.2 Å². The average Bonchev–Trinajstić information content (AvgIpc) is 3.27. The number of pyridine rings is 1. The van der Waals surface area contributed by atoms with Crippen molar-refractivity contribution in [2.45, 2.75) is 49.6 Å². The lowest BCUT2D eigenvalue weighted by molar-refractivity contribution is 0.0462. The Morgan fingerprint density at radius 3 is 2.69 bits per heavy atom.